The van der Waals surface area contributed by atoms with Gasteiger partial charge in [0.05, 0.1) is 0 Å². The Morgan fingerprint density at radius 1 is 1.10 bits per heavy atom. The molecule has 0 saturated carbocycles. The van der Waals surface area contributed by atoms with E-state index in [1.807, 2.05) is 0 Å². The molecule has 0 aromatic heterocycles. The van der Waals surface area contributed by atoms with Gasteiger partial charge < -0.3 is 24.3 Å². The van der Waals surface area contributed by atoms with E-state index in [1.165, 1.54) is 0 Å². The maximum atomic E-state index is 8.88. The molecular weight excluding hydrogens is 194 g/mol. The third-order valence-corrected chi connectivity index (χ3v) is 0. The molecule has 58 valence electrons. The summed E-state index contributed by atoms with van der Waals surface area (Å²) in [6, 6.07) is 0. The van der Waals surface area contributed by atoms with Crippen molar-refractivity contribution in [2.24, 2.45) is 0 Å². The normalized spacial score (nSPS) is 8.30. The van der Waals surface area contributed by atoms with Crippen molar-refractivity contribution in [1.82, 2.24) is 0 Å². The predicted octanol–water partition coefficient (Wildman–Crippen LogP) is -3.19. The Morgan fingerprint density at radius 2 is 1.10 bits per heavy atom. The van der Waals surface area contributed by atoms with E-state index in [0.717, 1.165) is 0 Å². The molecule has 0 heterocycles. The van der Waals surface area contributed by atoms with Crippen LogP contribution in [-0.4, -0.2) is 63.0 Å². The molecule has 0 unspecified atom stereocenters. The molecule has 0 aliphatic rings. The van der Waals surface area contributed by atoms with Crippen LogP contribution in [0.2, 0.25) is 0 Å². The molecule has 0 rings (SSSR count). The minimum absolute atomic E-state index is 0. The van der Waals surface area contributed by atoms with Gasteiger partial charge in [-0.1, -0.05) is 0 Å². The van der Waals surface area contributed by atoms with E-state index >= 15 is 0 Å². The molecule has 0 radical (unpaired) electrons. The summed E-state index contributed by atoms with van der Waals surface area (Å²) in [4.78, 5) is 35.9. The summed E-state index contributed by atoms with van der Waals surface area (Å²) in [5.74, 6) is 0. The Kier molecular flexibility index (Phi) is 13.3. The van der Waals surface area contributed by atoms with Crippen LogP contribution in [0.4, 0.5) is 0 Å². The molecule has 0 amide bonds. The van der Waals surface area contributed by atoms with Gasteiger partial charge in [-0.3, -0.25) is 4.46 Å². The summed E-state index contributed by atoms with van der Waals surface area (Å²) < 4.78 is 17.6. The number of hydrogen-bond acceptors (Lipinski definition) is 2. The van der Waals surface area contributed by atoms with E-state index in [0.29, 0.717) is 0 Å². The summed E-state index contributed by atoms with van der Waals surface area (Å²) in [5.41, 5.74) is 0. The second kappa shape index (κ2) is 7.83. The number of rotatable bonds is 0. The van der Waals surface area contributed by atoms with Crippen LogP contribution < -0.4 is 0 Å². The SMILES string of the molecule is O=P(O)(O)O.O=[Si](O)O.[NaH]. The Labute approximate surface area is 79.8 Å². The monoisotopic (exact) mass is 200 g/mol. The number of hydrogen-bond donors (Lipinski definition) is 5. The fourth-order valence-corrected chi connectivity index (χ4v) is 0. The van der Waals surface area contributed by atoms with Crippen LogP contribution in [0.3, 0.4) is 0 Å². The molecule has 0 aliphatic carbocycles. The maximum absolute atomic E-state index is 8.88. The Morgan fingerprint density at radius 3 is 1.10 bits per heavy atom. The van der Waals surface area contributed by atoms with Crippen molar-refractivity contribution in [2.45, 2.75) is 0 Å². The van der Waals surface area contributed by atoms with Crippen molar-refractivity contribution in [3.05, 3.63) is 0 Å². The molecule has 0 fully saturated rings. The van der Waals surface area contributed by atoms with Crippen molar-refractivity contribution in [3.63, 3.8) is 0 Å². The van der Waals surface area contributed by atoms with Crippen LogP contribution >= 0.6 is 7.82 Å². The second-order valence-corrected chi connectivity index (χ2v) is 2.39. The molecule has 10 heteroatoms. The molecule has 0 aromatic carbocycles. The van der Waals surface area contributed by atoms with E-state index in [9.17, 15) is 0 Å². The van der Waals surface area contributed by atoms with Crippen LogP contribution in [0, 0.1) is 0 Å². The zero-order chi connectivity index (χ0) is 8.08. The fourth-order valence-electron chi connectivity index (χ4n) is 0. The molecule has 0 saturated heterocycles. The molecule has 0 aromatic rings. The summed E-state index contributed by atoms with van der Waals surface area (Å²) in [7, 11) is -7.77. The molecule has 0 bridgehead atoms. The Hall–Kier alpha value is 0.727. The first kappa shape index (κ1) is 17.0. The Balaban J connectivity index is -0.0000000910. The molecule has 0 spiro atoms. The van der Waals surface area contributed by atoms with Crippen LogP contribution in [0.1, 0.15) is 0 Å². The summed E-state index contributed by atoms with van der Waals surface area (Å²) in [6.45, 7) is 0. The van der Waals surface area contributed by atoms with E-state index in [1.54, 1.807) is 0 Å². The van der Waals surface area contributed by atoms with Gasteiger partial charge >= 0.3 is 46.6 Å². The van der Waals surface area contributed by atoms with Crippen LogP contribution in [0.15, 0.2) is 0 Å². The average molecular weight is 200 g/mol. The fraction of sp³-hybridized carbons (Fsp3) is 0. The summed E-state index contributed by atoms with van der Waals surface area (Å²) in [5, 5.41) is 0. The summed E-state index contributed by atoms with van der Waals surface area (Å²) >= 11 is 0. The minimum atomic E-state index is -4.64. The van der Waals surface area contributed by atoms with Crippen LogP contribution in [0.5, 0.6) is 0 Å². The summed E-state index contributed by atoms with van der Waals surface area (Å²) in [6.07, 6.45) is 0. The van der Waals surface area contributed by atoms with Gasteiger partial charge in [-0.25, -0.2) is 4.57 Å². The zero-order valence-corrected chi connectivity index (χ0v) is 5.89. The van der Waals surface area contributed by atoms with Crippen LogP contribution in [-0.2, 0) is 9.03 Å². The van der Waals surface area contributed by atoms with Crippen molar-refractivity contribution in [3.8, 4) is 0 Å². The predicted molar refractivity (Wildman–Crippen MR) is 32.3 cm³/mol. The van der Waals surface area contributed by atoms with Crippen molar-refractivity contribution in [2.75, 3.05) is 0 Å². The van der Waals surface area contributed by atoms with Gasteiger partial charge in [0, 0.05) is 0 Å². The third-order valence-electron chi connectivity index (χ3n) is 0. The molecule has 0 atom stereocenters. The molecular formula is H6NaO7PSi. The average Bonchev–Trinajstić information content (AvgIpc) is 1.19. The van der Waals surface area contributed by atoms with Gasteiger partial charge in [0.25, 0.3) is 0 Å². The first-order valence-electron chi connectivity index (χ1n) is 1.43. The zero-order valence-electron chi connectivity index (χ0n) is 4.00. The molecule has 10 heavy (non-hydrogen) atoms. The van der Waals surface area contributed by atoms with E-state index in [4.69, 9.17) is 33.3 Å². The molecule has 5 N–H and O–H groups in total. The van der Waals surface area contributed by atoms with Gasteiger partial charge in [0.15, 0.2) is 0 Å². The van der Waals surface area contributed by atoms with E-state index in [2.05, 4.69) is 0 Å². The molecule has 7 nitrogen and oxygen atoms in total. The first-order chi connectivity index (χ1) is 3.73. The quantitative estimate of drug-likeness (QED) is 0.205. The molecule has 0 aliphatic heterocycles. The number of phosphoric acid groups is 1. The van der Waals surface area contributed by atoms with Gasteiger partial charge in [-0.05, 0) is 0 Å². The van der Waals surface area contributed by atoms with Gasteiger partial charge in [-0.15, -0.1) is 0 Å². The van der Waals surface area contributed by atoms with Crippen molar-refractivity contribution in [1.29, 1.82) is 0 Å². The second-order valence-electron chi connectivity index (χ2n) is 0.796. The van der Waals surface area contributed by atoms with Crippen LogP contribution in [0.25, 0.3) is 0 Å². The topological polar surface area (TPSA) is 135 Å². The third kappa shape index (κ3) is 986. The van der Waals surface area contributed by atoms with Gasteiger partial charge in [-0.2, -0.15) is 0 Å². The Bertz CT molecular complexity index is 113. The van der Waals surface area contributed by atoms with Crippen molar-refractivity contribution < 1.29 is 33.3 Å². The van der Waals surface area contributed by atoms with Gasteiger partial charge in [0.2, 0.25) is 0 Å². The van der Waals surface area contributed by atoms with E-state index < -0.39 is 17.0 Å². The van der Waals surface area contributed by atoms with Gasteiger partial charge in [0.1, 0.15) is 0 Å². The standard InChI is InChI=1S/Na.H3O4P.H2O3Si.H/c;1-5(2,3)4;1-4(2)3;/h;(H3,1,2,3,4);1-2H;. The first-order valence-corrected chi connectivity index (χ1v) is 4.30. The van der Waals surface area contributed by atoms with Crippen molar-refractivity contribution >= 4 is 46.6 Å². The van der Waals surface area contributed by atoms with E-state index in [-0.39, 0.29) is 29.6 Å².